The molecule has 1 aliphatic heterocycles. The maximum atomic E-state index is 14.0. The van der Waals surface area contributed by atoms with Crippen molar-refractivity contribution in [3.05, 3.63) is 47.5 Å². The Morgan fingerprint density at radius 3 is 2.61 bits per heavy atom. The van der Waals surface area contributed by atoms with Gasteiger partial charge in [-0.3, -0.25) is 9.25 Å². The second-order valence-electron chi connectivity index (χ2n) is 9.21. The van der Waals surface area contributed by atoms with Crippen molar-refractivity contribution in [3.8, 4) is 11.3 Å². The maximum Gasteiger partial charge on any atom is 0.295 e. The zero-order chi connectivity index (χ0) is 25.6. The standard InChI is InChI=1S/C24H26ClF2N6O2P/c1-32-10-9-15(31-32)14-7-8-16(18(12-14)36(2,3)34)28-17-13-19(25)29-23-21(17)30-24(22(26)27)33(23)20-6-4-5-11-35-20/h7-10,12-13,20,22H,4-6,11H2,1-3H3,(H,28,29). The first-order valence-electron chi connectivity index (χ1n) is 11.6. The quantitative estimate of drug-likeness (QED) is 0.237. The van der Waals surface area contributed by atoms with Crippen molar-refractivity contribution in [3.63, 3.8) is 0 Å². The molecule has 4 heterocycles. The van der Waals surface area contributed by atoms with Gasteiger partial charge in [0, 0.05) is 42.5 Å². The van der Waals surface area contributed by atoms with Gasteiger partial charge in [-0.25, -0.2) is 18.7 Å². The fourth-order valence-electron chi connectivity index (χ4n) is 4.47. The van der Waals surface area contributed by atoms with Crippen LogP contribution < -0.4 is 10.6 Å². The van der Waals surface area contributed by atoms with Gasteiger partial charge in [0.05, 0.1) is 11.4 Å². The molecule has 0 amide bonds. The van der Waals surface area contributed by atoms with E-state index in [2.05, 4.69) is 20.4 Å². The Labute approximate surface area is 212 Å². The maximum absolute atomic E-state index is 14.0. The van der Waals surface area contributed by atoms with Crippen molar-refractivity contribution >= 4 is 46.6 Å². The molecule has 190 valence electrons. The minimum absolute atomic E-state index is 0.116. The van der Waals surface area contributed by atoms with Gasteiger partial charge in [-0.15, -0.1) is 0 Å². The fourth-order valence-corrected chi connectivity index (χ4v) is 5.82. The lowest BCUT2D eigenvalue weighted by Gasteiger charge is -2.25. The molecule has 1 unspecified atom stereocenters. The fraction of sp³-hybridized carbons (Fsp3) is 0.375. The number of nitrogens with one attached hydrogen (secondary N) is 1. The van der Waals surface area contributed by atoms with Crippen LogP contribution in [0, 0.1) is 0 Å². The molecular formula is C24H26ClF2N6O2P. The number of rotatable bonds is 6. The Morgan fingerprint density at radius 2 is 1.97 bits per heavy atom. The third-order valence-corrected chi connectivity index (χ3v) is 7.86. The van der Waals surface area contributed by atoms with Gasteiger partial charge in [-0.2, -0.15) is 5.10 Å². The van der Waals surface area contributed by atoms with E-state index in [9.17, 15) is 13.3 Å². The van der Waals surface area contributed by atoms with Gasteiger partial charge in [-0.05, 0) is 50.8 Å². The highest BCUT2D eigenvalue weighted by Gasteiger charge is 2.29. The second-order valence-corrected chi connectivity index (χ2v) is 12.8. The first-order chi connectivity index (χ1) is 17.1. The van der Waals surface area contributed by atoms with Crippen molar-refractivity contribution in [1.82, 2.24) is 24.3 Å². The molecule has 0 radical (unpaired) electrons. The lowest BCUT2D eigenvalue weighted by molar-refractivity contribution is -0.0363. The molecule has 12 heteroatoms. The van der Waals surface area contributed by atoms with Gasteiger partial charge >= 0.3 is 0 Å². The topological polar surface area (TPSA) is 86.9 Å². The smallest absolute Gasteiger partial charge is 0.295 e. The molecule has 1 fully saturated rings. The van der Waals surface area contributed by atoms with E-state index >= 15 is 0 Å². The molecule has 0 saturated carbocycles. The Bertz CT molecular complexity index is 1480. The Balaban J connectivity index is 1.63. The normalized spacial score (nSPS) is 16.7. The largest absolute Gasteiger partial charge is 0.358 e. The van der Waals surface area contributed by atoms with Crippen molar-refractivity contribution in [1.29, 1.82) is 0 Å². The van der Waals surface area contributed by atoms with Crippen LogP contribution in [0.3, 0.4) is 0 Å². The number of aromatic nitrogens is 5. The van der Waals surface area contributed by atoms with E-state index in [1.807, 2.05) is 31.4 Å². The molecule has 8 nitrogen and oxygen atoms in total. The predicted octanol–water partition coefficient (Wildman–Crippen LogP) is 6.11. The van der Waals surface area contributed by atoms with Crippen LogP contribution in [0.1, 0.15) is 37.7 Å². The van der Waals surface area contributed by atoms with Crippen LogP contribution in [0.2, 0.25) is 5.15 Å². The molecule has 0 aliphatic carbocycles. The summed E-state index contributed by atoms with van der Waals surface area (Å²) >= 11 is 6.34. The Hall–Kier alpha value is -2.81. The molecule has 1 aromatic carbocycles. The summed E-state index contributed by atoms with van der Waals surface area (Å²) in [4.78, 5) is 8.58. The zero-order valence-corrected chi connectivity index (χ0v) is 21.7. The zero-order valence-electron chi connectivity index (χ0n) is 20.1. The summed E-state index contributed by atoms with van der Waals surface area (Å²) in [6, 6.07) is 8.91. The summed E-state index contributed by atoms with van der Waals surface area (Å²) < 4.78 is 50.2. The van der Waals surface area contributed by atoms with Crippen LogP contribution in [0.25, 0.3) is 22.4 Å². The number of aryl methyl sites for hydroxylation is 1. The third kappa shape index (κ3) is 4.77. The monoisotopic (exact) mass is 534 g/mol. The van der Waals surface area contributed by atoms with Gasteiger partial charge < -0.3 is 14.6 Å². The molecule has 0 bridgehead atoms. The predicted molar refractivity (Wildman–Crippen MR) is 137 cm³/mol. The van der Waals surface area contributed by atoms with Crippen LogP contribution in [0.5, 0.6) is 0 Å². The molecule has 1 saturated heterocycles. The summed E-state index contributed by atoms with van der Waals surface area (Å²) in [5.74, 6) is -0.419. The molecule has 1 atom stereocenters. The minimum Gasteiger partial charge on any atom is -0.358 e. The van der Waals surface area contributed by atoms with Crippen molar-refractivity contribution < 1.29 is 18.1 Å². The van der Waals surface area contributed by atoms with E-state index in [1.54, 1.807) is 24.1 Å². The molecular weight excluding hydrogens is 509 g/mol. The number of ether oxygens (including phenoxy) is 1. The first kappa shape index (κ1) is 24.9. The number of hydrogen-bond acceptors (Lipinski definition) is 6. The number of pyridine rings is 1. The van der Waals surface area contributed by atoms with Crippen LogP contribution in [0.15, 0.2) is 36.5 Å². The Kier molecular flexibility index (Phi) is 6.61. The van der Waals surface area contributed by atoms with Crippen LogP contribution in [0.4, 0.5) is 20.2 Å². The summed E-state index contributed by atoms with van der Waals surface area (Å²) in [7, 11) is -0.931. The number of imidazole rings is 1. The van der Waals surface area contributed by atoms with Gasteiger partial charge in [0.25, 0.3) is 6.43 Å². The van der Waals surface area contributed by atoms with Gasteiger partial charge in [0.1, 0.15) is 24.0 Å². The number of benzene rings is 1. The molecule has 3 aromatic heterocycles. The van der Waals surface area contributed by atoms with E-state index in [1.165, 1.54) is 10.6 Å². The highest BCUT2D eigenvalue weighted by atomic mass is 35.5. The number of halogens is 3. The van der Waals surface area contributed by atoms with E-state index in [-0.39, 0.29) is 16.3 Å². The highest BCUT2D eigenvalue weighted by Crippen LogP contribution is 2.41. The van der Waals surface area contributed by atoms with Crippen molar-refractivity contribution in [2.75, 3.05) is 25.3 Å². The number of anilines is 2. The number of hydrogen-bond donors (Lipinski definition) is 1. The van der Waals surface area contributed by atoms with E-state index in [0.29, 0.717) is 29.7 Å². The molecule has 0 spiro atoms. The molecule has 5 rings (SSSR count). The number of nitrogens with zero attached hydrogens (tertiary/aromatic N) is 5. The lowest BCUT2D eigenvalue weighted by atomic mass is 10.1. The molecule has 4 aromatic rings. The molecule has 1 aliphatic rings. The van der Waals surface area contributed by atoms with E-state index in [0.717, 1.165) is 24.1 Å². The summed E-state index contributed by atoms with van der Waals surface area (Å²) in [5, 5.41) is 8.38. The van der Waals surface area contributed by atoms with Gasteiger partial charge in [0.15, 0.2) is 11.5 Å². The first-order valence-corrected chi connectivity index (χ1v) is 14.5. The van der Waals surface area contributed by atoms with E-state index < -0.39 is 25.6 Å². The highest BCUT2D eigenvalue weighted by molar-refractivity contribution is 7.70. The average Bonchev–Trinajstić information content (AvgIpc) is 3.43. The van der Waals surface area contributed by atoms with Crippen LogP contribution in [-0.2, 0) is 16.3 Å². The molecule has 36 heavy (non-hydrogen) atoms. The summed E-state index contributed by atoms with van der Waals surface area (Å²) in [6.45, 7) is 3.83. The van der Waals surface area contributed by atoms with Crippen LogP contribution in [-0.4, -0.2) is 44.3 Å². The van der Waals surface area contributed by atoms with Crippen LogP contribution >= 0.6 is 18.7 Å². The lowest BCUT2D eigenvalue weighted by Crippen LogP contribution is -2.20. The average molecular weight is 535 g/mol. The molecule has 1 N–H and O–H groups in total. The van der Waals surface area contributed by atoms with Crippen molar-refractivity contribution in [2.24, 2.45) is 7.05 Å². The van der Waals surface area contributed by atoms with Crippen molar-refractivity contribution in [2.45, 2.75) is 31.9 Å². The summed E-state index contributed by atoms with van der Waals surface area (Å²) in [5.41, 5.74) is 2.98. The Morgan fingerprint density at radius 1 is 1.17 bits per heavy atom. The van der Waals surface area contributed by atoms with Gasteiger partial charge in [-0.1, -0.05) is 17.7 Å². The van der Waals surface area contributed by atoms with Gasteiger partial charge in [0.2, 0.25) is 0 Å². The summed E-state index contributed by atoms with van der Waals surface area (Å²) in [6.07, 6.45) is 0.728. The third-order valence-electron chi connectivity index (χ3n) is 6.14. The second kappa shape index (κ2) is 9.57. The van der Waals surface area contributed by atoms with E-state index in [4.69, 9.17) is 16.3 Å². The minimum atomic E-state index is -2.82. The number of fused-ring (bicyclic) bond motifs is 1. The number of alkyl halides is 2. The SMILES string of the molecule is Cn1ccc(-c2ccc(Nc3cc(Cl)nc4c3nc(C(F)F)n4C3CCCCO3)c(P(C)(C)=O)c2)n1.